The third-order valence-electron chi connectivity index (χ3n) is 6.45. The van der Waals surface area contributed by atoms with E-state index in [1.807, 2.05) is 23.1 Å². The van der Waals surface area contributed by atoms with E-state index in [0.29, 0.717) is 72.8 Å². The number of benzene rings is 1. The third-order valence-corrected chi connectivity index (χ3v) is 6.45. The quantitative estimate of drug-likeness (QED) is 0.625. The molecule has 2 fully saturated rings. The molecule has 1 amide bonds. The molecule has 1 atom stereocenters. The number of aryl methyl sites for hydroxylation is 1. The lowest BCUT2D eigenvalue weighted by Crippen LogP contribution is -2.51. The number of nitrogens with zero attached hydrogens (tertiary/aromatic N) is 6. The molecule has 33 heavy (non-hydrogen) atoms. The lowest BCUT2D eigenvalue weighted by molar-refractivity contribution is -0.141. The number of hydrogen-bond acceptors (Lipinski definition) is 9. The fourth-order valence-corrected chi connectivity index (χ4v) is 4.60. The van der Waals surface area contributed by atoms with Crippen molar-refractivity contribution in [2.75, 3.05) is 50.2 Å². The molecule has 2 aromatic heterocycles. The van der Waals surface area contributed by atoms with E-state index in [4.69, 9.17) is 29.9 Å². The summed E-state index contributed by atoms with van der Waals surface area (Å²) >= 11 is 0. The van der Waals surface area contributed by atoms with Gasteiger partial charge in [0.2, 0.25) is 12.7 Å². The summed E-state index contributed by atoms with van der Waals surface area (Å²) in [6, 6.07) is 5.70. The SMILES string of the molecule is Cn1nc2nc(N3CCN(C(=O)[C@H]4CCCO4)CC3)nc(-c3ccc4c(c3)OCO4)c2c1N. The van der Waals surface area contributed by atoms with Crippen LogP contribution in [-0.2, 0) is 16.6 Å². The summed E-state index contributed by atoms with van der Waals surface area (Å²) < 4.78 is 18.2. The molecular weight excluding hydrogens is 426 g/mol. The Hall–Kier alpha value is -3.60. The van der Waals surface area contributed by atoms with E-state index in [-0.39, 0.29) is 18.8 Å². The van der Waals surface area contributed by atoms with Crippen LogP contribution in [0, 0.1) is 0 Å². The van der Waals surface area contributed by atoms with E-state index in [9.17, 15) is 4.79 Å². The molecular formula is C22H25N7O4. The van der Waals surface area contributed by atoms with Crippen LogP contribution in [0.3, 0.4) is 0 Å². The number of nitrogens with two attached hydrogens (primary N) is 1. The Morgan fingerprint density at radius 2 is 1.94 bits per heavy atom. The molecule has 5 heterocycles. The Morgan fingerprint density at radius 1 is 1.12 bits per heavy atom. The van der Waals surface area contributed by atoms with Crippen LogP contribution in [0.25, 0.3) is 22.3 Å². The maximum atomic E-state index is 12.7. The molecule has 0 aliphatic carbocycles. The van der Waals surface area contributed by atoms with Crippen LogP contribution >= 0.6 is 0 Å². The third kappa shape index (κ3) is 3.39. The number of piperazine rings is 1. The molecule has 3 aliphatic heterocycles. The van der Waals surface area contributed by atoms with Gasteiger partial charge >= 0.3 is 0 Å². The molecule has 6 rings (SSSR count). The van der Waals surface area contributed by atoms with E-state index < -0.39 is 0 Å². The Morgan fingerprint density at radius 3 is 2.73 bits per heavy atom. The highest BCUT2D eigenvalue weighted by Crippen LogP contribution is 2.38. The van der Waals surface area contributed by atoms with Gasteiger partial charge in [-0.3, -0.25) is 9.48 Å². The van der Waals surface area contributed by atoms with Gasteiger partial charge in [0.25, 0.3) is 5.91 Å². The first-order valence-corrected chi connectivity index (χ1v) is 11.1. The Balaban J connectivity index is 1.32. The molecule has 0 saturated carbocycles. The Kier molecular flexibility index (Phi) is 4.72. The molecule has 0 spiro atoms. The summed E-state index contributed by atoms with van der Waals surface area (Å²) in [4.78, 5) is 26.3. The zero-order valence-corrected chi connectivity index (χ0v) is 18.4. The number of rotatable bonds is 3. The highest BCUT2D eigenvalue weighted by Gasteiger charge is 2.31. The molecule has 0 radical (unpaired) electrons. The van der Waals surface area contributed by atoms with Crippen molar-refractivity contribution in [1.82, 2.24) is 24.6 Å². The van der Waals surface area contributed by atoms with Crippen molar-refractivity contribution in [3.63, 3.8) is 0 Å². The van der Waals surface area contributed by atoms with E-state index in [0.717, 1.165) is 18.4 Å². The molecule has 3 aliphatic rings. The van der Waals surface area contributed by atoms with Gasteiger partial charge in [-0.05, 0) is 31.0 Å². The average Bonchev–Trinajstić information content (AvgIpc) is 3.59. The van der Waals surface area contributed by atoms with Gasteiger partial charge < -0.3 is 29.7 Å². The minimum absolute atomic E-state index is 0.0852. The van der Waals surface area contributed by atoms with Crippen molar-refractivity contribution in [1.29, 1.82) is 0 Å². The van der Waals surface area contributed by atoms with Crippen molar-refractivity contribution in [2.24, 2.45) is 7.05 Å². The van der Waals surface area contributed by atoms with E-state index in [1.165, 1.54) is 0 Å². The van der Waals surface area contributed by atoms with Crippen LogP contribution in [-0.4, -0.2) is 76.2 Å². The maximum absolute atomic E-state index is 12.7. The minimum atomic E-state index is -0.293. The summed E-state index contributed by atoms with van der Waals surface area (Å²) in [5.41, 5.74) is 8.40. The van der Waals surface area contributed by atoms with Gasteiger partial charge in [0.05, 0.1) is 11.1 Å². The fraction of sp³-hybridized carbons (Fsp3) is 0.455. The molecule has 0 unspecified atom stereocenters. The summed E-state index contributed by atoms with van der Waals surface area (Å²) in [6.07, 6.45) is 1.46. The Bertz CT molecular complexity index is 1230. The van der Waals surface area contributed by atoms with Crippen LogP contribution in [0.15, 0.2) is 18.2 Å². The molecule has 2 saturated heterocycles. The molecule has 11 nitrogen and oxygen atoms in total. The van der Waals surface area contributed by atoms with E-state index in [2.05, 4.69) is 10.00 Å². The number of aromatic nitrogens is 4. The van der Waals surface area contributed by atoms with Gasteiger partial charge in [0.1, 0.15) is 11.9 Å². The molecule has 2 N–H and O–H groups in total. The van der Waals surface area contributed by atoms with Gasteiger partial charge in [0, 0.05) is 45.4 Å². The summed E-state index contributed by atoms with van der Waals surface area (Å²) in [7, 11) is 1.79. The van der Waals surface area contributed by atoms with Gasteiger partial charge in [-0.25, -0.2) is 4.98 Å². The topological polar surface area (TPSA) is 121 Å². The zero-order chi connectivity index (χ0) is 22.5. The second-order valence-corrected chi connectivity index (χ2v) is 8.46. The number of fused-ring (bicyclic) bond motifs is 2. The number of anilines is 2. The van der Waals surface area contributed by atoms with Crippen LogP contribution in [0.4, 0.5) is 11.8 Å². The first-order chi connectivity index (χ1) is 16.1. The predicted octanol–water partition coefficient (Wildman–Crippen LogP) is 1.17. The van der Waals surface area contributed by atoms with Crippen LogP contribution in [0.2, 0.25) is 0 Å². The summed E-state index contributed by atoms with van der Waals surface area (Å²) in [5.74, 6) is 2.52. The van der Waals surface area contributed by atoms with Crippen molar-refractivity contribution in [3.05, 3.63) is 18.2 Å². The fourth-order valence-electron chi connectivity index (χ4n) is 4.60. The first kappa shape index (κ1) is 20.0. The minimum Gasteiger partial charge on any atom is -0.454 e. The zero-order valence-electron chi connectivity index (χ0n) is 18.4. The van der Waals surface area contributed by atoms with Gasteiger partial charge in [-0.15, -0.1) is 0 Å². The Labute approximate surface area is 190 Å². The second-order valence-electron chi connectivity index (χ2n) is 8.46. The first-order valence-electron chi connectivity index (χ1n) is 11.1. The van der Waals surface area contributed by atoms with E-state index in [1.54, 1.807) is 11.7 Å². The maximum Gasteiger partial charge on any atom is 0.251 e. The van der Waals surface area contributed by atoms with Crippen molar-refractivity contribution >= 4 is 28.7 Å². The van der Waals surface area contributed by atoms with Crippen molar-refractivity contribution in [2.45, 2.75) is 18.9 Å². The number of amides is 1. The molecule has 0 bridgehead atoms. The smallest absolute Gasteiger partial charge is 0.251 e. The normalized spacial score (nSPS) is 20.1. The standard InChI is InChI=1S/C22H25N7O4/c1-27-19(23)17-18(13-4-5-14-16(11-13)33-12-32-14)24-22(25-20(17)26-27)29-8-6-28(7-9-29)21(30)15-3-2-10-31-15/h4-5,11,15H,2-3,6-10,12,23H2,1H3/t15-/m1/s1. The van der Waals surface area contributed by atoms with Crippen LogP contribution in [0.5, 0.6) is 11.5 Å². The lowest BCUT2D eigenvalue weighted by atomic mass is 10.1. The summed E-state index contributed by atoms with van der Waals surface area (Å²) in [6.45, 7) is 3.33. The highest BCUT2D eigenvalue weighted by atomic mass is 16.7. The largest absolute Gasteiger partial charge is 0.454 e. The summed E-state index contributed by atoms with van der Waals surface area (Å²) in [5, 5.41) is 5.20. The van der Waals surface area contributed by atoms with Crippen molar-refractivity contribution < 1.29 is 19.0 Å². The second kappa shape index (κ2) is 7.77. The number of hydrogen-bond donors (Lipinski definition) is 1. The highest BCUT2D eigenvalue weighted by molar-refractivity contribution is 5.99. The van der Waals surface area contributed by atoms with Crippen molar-refractivity contribution in [3.8, 4) is 22.8 Å². The van der Waals surface area contributed by atoms with Gasteiger partial charge in [-0.1, -0.05) is 0 Å². The van der Waals surface area contributed by atoms with E-state index >= 15 is 0 Å². The number of ether oxygens (including phenoxy) is 3. The van der Waals surface area contributed by atoms with Gasteiger partial charge in [0.15, 0.2) is 17.1 Å². The predicted molar refractivity (Wildman–Crippen MR) is 120 cm³/mol. The molecule has 3 aromatic rings. The molecule has 1 aromatic carbocycles. The average molecular weight is 451 g/mol. The van der Waals surface area contributed by atoms with Crippen LogP contribution < -0.4 is 20.1 Å². The monoisotopic (exact) mass is 451 g/mol. The van der Waals surface area contributed by atoms with Crippen LogP contribution in [0.1, 0.15) is 12.8 Å². The molecule has 172 valence electrons. The van der Waals surface area contributed by atoms with Gasteiger partial charge in [-0.2, -0.15) is 10.1 Å². The molecule has 11 heteroatoms. The lowest BCUT2D eigenvalue weighted by Gasteiger charge is -2.35. The number of carbonyl (C=O) groups excluding carboxylic acids is 1. The number of carbonyl (C=O) groups is 1. The number of nitrogen functional groups attached to an aromatic ring is 1.